The fourth-order valence-corrected chi connectivity index (χ4v) is 2.25. The van der Waals surface area contributed by atoms with Crippen LogP contribution in [0.3, 0.4) is 0 Å². The molecule has 0 N–H and O–H groups in total. The van der Waals surface area contributed by atoms with Crippen molar-refractivity contribution < 1.29 is 0 Å². The molecule has 0 bridgehead atoms. The minimum absolute atomic E-state index is 0. The molecule has 1 aromatic rings. The van der Waals surface area contributed by atoms with Crippen LogP contribution in [-0.4, -0.2) is 25.5 Å². The zero-order valence-electron chi connectivity index (χ0n) is 11.5. The van der Waals surface area contributed by atoms with E-state index in [-0.39, 0.29) is 12.4 Å². The predicted octanol–water partition coefficient (Wildman–Crippen LogP) is 4.02. The van der Waals surface area contributed by atoms with Gasteiger partial charge in [-0.2, -0.15) is 0 Å². The predicted molar refractivity (Wildman–Crippen MR) is 79.8 cm³/mol. The Balaban J connectivity index is 0.00000256. The smallest absolute Gasteiger partial charge is 0.00416 e. The van der Waals surface area contributed by atoms with Crippen LogP contribution in [0.5, 0.6) is 0 Å². The summed E-state index contributed by atoms with van der Waals surface area (Å²) in [5.74, 6) is 0.570. The van der Waals surface area contributed by atoms with Crippen LogP contribution in [0.15, 0.2) is 30.3 Å². The molecule has 0 fully saturated rings. The van der Waals surface area contributed by atoms with Gasteiger partial charge >= 0.3 is 0 Å². The molecule has 1 rings (SSSR count). The van der Waals surface area contributed by atoms with Gasteiger partial charge in [-0.25, -0.2) is 0 Å². The summed E-state index contributed by atoms with van der Waals surface area (Å²) in [5, 5.41) is 0. The summed E-state index contributed by atoms with van der Waals surface area (Å²) in [4.78, 5) is 2.24. The molecule has 2 heteroatoms. The Morgan fingerprint density at radius 3 is 2.35 bits per heavy atom. The first-order valence-electron chi connectivity index (χ1n) is 5.93. The second kappa shape index (κ2) is 7.52. The van der Waals surface area contributed by atoms with Crippen LogP contribution in [0.2, 0.25) is 0 Å². The number of aryl methyl sites for hydroxylation is 1. The Morgan fingerprint density at radius 1 is 1.29 bits per heavy atom. The van der Waals surface area contributed by atoms with Crippen molar-refractivity contribution in [2.45, 2.75) is 20.8 Å². The minimum Gasteiger partial charge on any atom is -0.309 e. The van der Waals surface area contributed by atoms with Gasteiger partial charge in [-0.1, -0.05) is 37.3 Å². The zero-order valence-corrected chi connectivity index (χ0v) is 12.3. The first-order valence-corrected chi connectivity index (χ1v) is 5.93. The summed E-state index contributed by atoms with van der Waals surface area (Å²) in [6, 6.07) is 8.62. The van der Waals surface area contributed by atoms with Gasteiger partial charge in [0.15, 0.2) is 0 Å². The lowest BCUT2D eigenvalue weighted by Gasteiger charge is -2.21. The number of halogens is 1. The summed E-state index contributed by atoms with van der Waals surface area (Å²) in [7, 11) is 4.25. The van der Waals surface area contributed by atoms with Crippen molar-refractivity contribution in [3.8, 4) is 0 Å². The molecule has 0 aliphatic carbocycles. The molecule has 1 aromatic carbocycles. The third-order valence-corrected chi connectivity index (χ3v) is 2.94. The molecule has 0 amide bonds. The fraction of sp³-hybridized carbons (Fsp3) is 0.467. The van der Waals surface area contributed by atoms with Crippen molar-refractivity contribution in [1.29, 1.82) is 0 Å². The zero-order chi connectivity index (χ0) is 12.1. The molecular formula is C15H24ClN. The highest BCUT2D eigenvalue weighted by Crippen LogP contribution is 2.26. The number of benzene rings is 1. The van der Waals surface area contributed by atoms with Crippen LogP contribution in [-0.2, 0) is 0 Å². The monoisotopic (exact) mass is 253 g/mol. The van der Waals surface area contributed by atoms with Crippen LogP contribution in [0.1, 0.15) is 25.0 Å². The topological polar surface area (TPSA) is 3.24 Å². The maximum Gasteiger partial charge on any atom is 0.00416 e. The van der Waals surface area contributed by atoms with Gasteiger partial charge in [0, 0.05) is 6.54 Å². The van der Waals surface area contributed by atoms with Crippen LogP contribution in [0.25, 0.3) is 5.57 Å². The molecule has 0 heterocycles. The lowest BCUT2D eigenvalue weighted by molar-refractivity contribution is 0.376. The van der Waals surface area contributed by atoms with Gasteiger partial charge in [0.2, 0.25) is 0 Å². The van der Waals surface area contributed by atoms with Crippen molar-refractivity contribution in [3.63, 3.8) is 0 Å². The van der Waals surface area contributed by atoms with Crippen molar-refractivity contribution >= 4 is 18.0 Å². The Labute approximate surface area is 112 Å². The van der Waals surface area contributed by atoms with E-state index < -0.39 is 0 Å². The first kappa shape index (κ1) is 16.2. The molecule has 0 aliphatic heterocycles. The normalized spacial score (nSPS) is 13.4. The Morgan fingerprint density at radius 2 is 1.88 bits per heavy atom. The Bertz CT molecular complexity index is 369. The van der Waals surface area contributed by atoms with E-state index in [4.69, 9.17) is 0 Å². The third-order valence-electron chi connectivity index (χ3n) is 2.94. The van der Waals surface area contributed by atoms with Gasteiger partial charge in [-0.3, -0.25) is 0 Å². The number of hydrogen-bond donors (Lipinski definition) is 0. The molecule has 1 nitrogen and oxygen atoms in total. The van der Waals surface area contributed by atoms with Gasteiger partial charge in [-0.05, 0) is 50.6 Å². The Hall–Kier alpha value is -0.790. The van der Waals surface area contributed by atoms with E-state index in [2.05, 4.69) is 70.1 Å². The summed E-state index contributed by atoms with van der Waals surface area (Å²) < 4.78 is 0. The van der Waals surface area contributed by atoms with Gasteiger partial charge in [0.05, 0.1) is 0 Å². The average Bonchev–Trinajstić information content (AvgIpc) is 2.20. The standard InChI is InChI=1S/C15H23N.ClH/c1-6-14(13(3)11-16(4)5)15-10-8-7-9-12(15)2;/h6-10,13H,11H2,1-5H3;1H/b14-6-;. The van der Waals surface area contributed by atoms with Crippen molar-refractivity contribution in [2.75, 3.05) is 20.6 Å². The lowest BCUT2D eigenvalue weighted by atomic mass is 9.90. The molecule has 0 spiro atoms. The summed E-state index contributed by atoms with van der Waals surface area (Å²) in [5.41, 5.74) is 4.20. The number of hydrogen-bond acceptors (Lipinski definition) is 1. The molecule has 1 unspecified atom stereocenters. The van der Waals surface area contributed by atoms with E-state index >= 15 is 0 Å². The lowest BCUT2D eigenvalue weighted by Crippen LogP contribution is -2.20. The van der Waals surface area contributed by atoms with E-state index in [0.29, 0.717) is 5.92 Å². The molecule has 0 aromatic heterocycles. The van der Waals surface area contributed by atoms with Crippen LogP contribution >= 0.6 is 12.4 Å². The van der Waals surface area contributed by atoms with E-state index in [1.54, 1.807) is 0 Å². The second-order valence-electron chi connectivity index (χ2n) is 4.72. The summed E-state index contributed by atoms with van der Waals surface area (Å²) in [6.07, 6.45) is 2.25. The largest absolute Gasteiger partial charge is 0.309 e. The van der Waals surface area contributed by atoms with E-state index in [1.807, 2.05) is 0 Å². The second-order valence-corrected chi connectivity index (χ2v) is 4.72. The molecule has 0 saturated heterocycles. The molecule has 0 aliphatic rings. The summed E-state index contributed by atoms with van der Waals surface area (Å²) in [6.45, 7) is 7.70. The molecule has 0 saturated carbocycles. The fourth-order valence-electron chi connectivity index (χ4n) is 2.25. The van der Waals surface area contributed by atoms with Gasteiger partial charge in [0.25, 0.3) is 0 Å². The molecule has 17 heavy (non-hydrogen) atoms. The SMILES string of the molecule is C/C=C(\c1ccccc1C)C(C)CN(C)C.Cl. The van der Waals surface area contributed by atoms with Gasteiger partial charge in [0.1, 0.15) is 0 Å². The summed E-state index contributed by atoms with van der Waals surface area (Å²) >= 11 is 0. The number of allylic oxidation sites excluding steroid dienone is 1. The van der Waals surface area contributed by atoms with E-state index in [9.17, 15) is 0 Å². The van der Waals surface area contributed by atoms with Crippen LogP contribution < -0.4 is 0 Å². The van der Waals surface area contributed by atoms with Crippen molar-refractivity contribution in [2.24, 2.45) is 5.92 Å². The van der Waals surface area contributed by atoms with Gasteiger partial charge < -0.3 is 4.90 Å². The Kier molecular flexibility index (Phi) is 7.17. The molecule has 0 radical (unpaired) electrons. The maximum atomic E-state index is 2.29. The van der Waals surface area contributed by atoms with Gasteiger partial charge in [-0.15, -0.1) is 12.4 Å². The van der Waals surface area contributed by atoms with Crippen LogP contribution in [0, 0.1) is 12.8 Å². The van der Waals surface area contributed by atoms with Crippen molar-refractivity contribution in [1.82, 2.24) is 4.90 Å². The quantitative estimate of drug-likeness (QED) is 0.784. The maximum absolute atomic E-state index is 2.29. The average molecular weight is 254 g/mol. The number of rotatable bonds is 4. The number of nitrogens with zero attached hydrogens (tertiary/aromatic N) is 1. The molecule has 96 valence electrons. The third kappa shape index (κ3) is 4.53. The molecular weight excluding hydrogens is 230 g/mol. The molecule has 1 atom stereocenters. The van der Waals surface area contributed by atoms with E-state index in [1.165, 1.54) is 16.7 Å². The van der Waals surface area contributed by atoms with E-state index in [0.717, 1.165) is 6.54 Å². The highest BCUT2D eigenvalue weighted by atomic mass is 35.5. The first-order chi connectivity index (χ1) is 7.56. The van der Waals surface area contributed by atoms with Crippen LogP contribution in [0.4, 0.5) is 0 Å². The highest BCUT2D eigenvalue weighted by Gasteiger charge is 2.12. The minimum atomic E-state index is 0. The highest BCUT2D eigenvalue weighted by molar-refractivity contribution is 5.85. The van der Waals surface area contributed by atoms with Crippen molar-refractivity contribution in [3.05, 3.63) is 41.5 Å².